The number of ether oxygens (including phenoxy) is 5. The zero-order valence-corrected chi connectivity index (χ0v) is 16.9. The van der Waals surface area contributed by atoms with Crippen LogP contribution in [0, 0.1) is 0 Å². The number of carbonyl (C=O) groups is 4. The molecular formula is C15H21N2O9Se. The van der Waals surface area contributed by atoms with E-state index in [9.17, 15) is 19.2 Å². The van der Waals surface area contributed by atoms with Crippen LogP contribution in [-0.2, 0) is 42.9 Å². The summed E-state index contributed by atoms with van der Waals surface area (Å²) in [5, 5.41) is 0. The second-order valence-corrected chi connectivity index (χ2v) is 6.43. The average molecular weight is 452 g/mol. The van der Waals surface area contributed by atoms with Crippen LogP contribution in [0.2, 0.25) is 0 Å². The fourth-order valence-electron chi connectivity index (χ4n) is 2.43. The van der Waals surface area contributed by atoms with Crippen molar-refractivity contribution in [3.05, 3.63) is 0 Å². The Morgan fingerprint density at radius 2 is 1.37 bits per heavy atom. The number of esters is 4. The second-order valence-electron chi connectivity index (χ2n) is 5.56. The standard InChI is InChI=1S/C15H21N2O9Se/c1-6(18)22-5-10-11(23-7(2)19)12(24-8(3)20)13(25-9(4)21)14(26-10)17-15(16)27/h10-14H,5H2,1-4H3,(H2,16,17)/t10-,11-,12+,13-,14-/m1/s1. The van der Waals surface area contributed by atoms with E-state index in [1.54, 1.807) is 0 Å². The summed E-state index contributed by atoms with van der Waals surface area (Å²) in [4.78, 5) is 49.8. The Balaban J connectivity index is 3.33. The Morgan fingerprint density at radius 3 is 1.81 bits per heavy atom. The van der Waals surface area contributed by atoms with Gasteiger partial charge in [0, 0.05) is 0 Å². The summed E-state index contributed by atoms with van der Waals surface area (Å²) < 4.78 is 26.2. The van der Waals surface area contributed by atoms with Crippen molar-refractivity contribution in [2.24, 2.45) is 10.7 Å². The van der Waals surface area contributed by atoms with Crippen LogP contribution in [0.4, 0.5) is 0 Å². The average Bonchev–Trinajstić information content (AvgIpc) is 2.49. The minimum atomic E-state index is -1.27. The molecule has 1 radical (unpaired) electrons. The van der Waals surface area contributed by atoms with Crippen LogP contribution < -0.4 is 5.73 Å². The van der Waals surface area contributed by atoms with E-state index in [0.29, 0.717) is 0 Å². The Kier molecular flexibility index (Phi) is 8.67. The van der Waals surface area contributed by atoms with Crippen LogP contribution in [0.3, 0.4) is 0 Å². The van der Waals surface area contributed by atoms with E-state index in [2.05, 4.69) is 21.0 Å². The van der Waals surface area contributed by atoms with Gasteiger partial charge < -0.3 is 0 Å². The van der Waals surface area contributed by atoms with Crippen molar-refractivity contribution in [3.8, 4) is 0 Å². The van der Waals surface area contributed by atoms with Gasteiger partial charge in [-0.05, 0) is 0 Å². The van der Waals surface area contributed by atoms with Crippen molar-refractivity contribution in [2.75, 3.05) is 6.61 Å². The van der Waals surface area contributed by atoms with Gasteiger partial charge in [0.15, 0.2) is 0 Å². The first kappa shape index (κ1) is 22.9. The molecule has 11 nitrogen and oxygen atoms in total. The molecule has 12 heteroatoms. The molecule has 1 heterocycles. The number of nitrogens with two attached hydrogens (primary N) is 1. The third-order valence-electron chi connectivity index (χ3n) is 3.22. The Hall–Kier alpha value is -2.17. The molecule has 0 aliphatic carbocycles. The Labute approximate surface area is 163 Å². The quantitative estimate of drug-likeness (QED) is 0.167. The van der Waals surface area contributed by atoms with Crippen LogP contribution in [-0.4, -0.2) is 81.9 Å². The molecule has 1 saturated heterocycles. The fraction of sp³-hybridized carbons (Fsp3) is 0.667. The van der Waals surface area contributed by atoms with Crippen molar-refractivity contribution in [3.63, 3.8) is 0 Å². The molecule has 0 amide bonds. The van der Waals surface area contributed by atoms with Crippen LogP contribution in [0.15, 0.2) is 4.99 Å². The van der Waals surface area contributed by atoms with Crippen LogP contribution in [0.5, 0.6) is 0 Å². The first-order chi connectivity index (χ1) is 12.5. The summed E-state index contributed by atoms with van der Waals surface area (Å²) in [6, 6.07) is 0. The van der Waals surface area contributed by atoms with Crippen molar-refractivity contribution >= 4 is 44.6 Å². The number of hydrogen-bond donors (Lipinski definition) is 1. The zero-order valence-electron chi connectivity index (χ0n) is 15.2. The second kappa shape index (κ2) is 10.2. The van der Waals surface area contributed by atoms with E-state index < -0.39 is 54.5 Å². The van der Waals surface area contributed by atoms with E-state index in [4.69, 9.17) is 29.4 Å². The van der Waals surface area contributed by atoms with E-state index in [0.717, 1.165) is 20.8 Å². The van der Waals surface area contributed by atoms with E-state index in [-0.39, 0.29) is 11.3 Å². The van der Waals surface area contributed by atoms with Crippen LogP contribution in [0.1, 0.15) is 27.7 Å². The summed E-state index contributed by atoms with van der Waals surface area (Å²) in [5.74, 6) is -2.74. The van der Waals surface area contributed by atoms with Gasteiger partial charge in [-0.3, -0.25) is 0 Å². The van der Waals surface area contributed by atoms with Gasteiger partial charge in [-0.15, -0.1) is 0 Å². The van der Waals surface area contributed by atoms with E-state index >= 15 is 0 Å². The van der Waals surface area contributed by atoms with Gasteiger partial charge in [-0.2, -0.15) is 0 Å². The fourth-order valence-corrected chi connectivity index (χ4v) is 2.65. The predicted molar refractivity (Wildman–Crippen MR) is 89.3 cm³/mol. The molecule has 1 aliphatic heterocycles. The van der Waals surface area contributed by atoms with Gasteiger partial charge in [0.05, 0.1) is 0 Å². The molecule has 0 spiro atoms. The third kappa shape index (κ3) is 7.53. The van der Waals surface area contributed by atoms with Crippen molar-refractivity contribution < 1.29 is 42.9 Å². The summed E-state index contributed by atoms with van der Waals surface area (Å²) in [7, 11) is 0. The van der Waals surface area contributed by atoms with Crippen LogP contribution in [0.25, 0.3) is 0 Å². The molecule has 27 heavy (non-hydrogen) atoms. The van der Waals surface area contributed by atoms with Gasteiger partial charge >= 0.3 is 163 Å². The molecule has 0 aromatic rings. The SMILES string of the molecule is CC(=O)OC[C@H]1O[C@@H](N=C(N)[Se])[C@H](OC(C)=O)[C@@H](OC(C)=O)[C@@H]1OC(C)=O. The van der Waals surface area contributed by atoms with Gasteiger partial charge in [0.1, 0.15) is 0 Å². The molecule has 2 N–H and O–H groups in total. The molecule has 0 unspecified atom stereocenters. The number of nitrogens with zero attached hydrogens (tertiary/aromatic N) is 1. The molecule has 0 bridgehead atoms. The summed E-state index contributed by atoms with van der Waals surface area (Å²) in [5.41, 5.74) is 5.54. The summed E-state index contributed by atoms with van der Waals surface area (Å²) >= 11 is 2.45. The van der Waals surface area contributed by atoms with E-state index in [1.807, 2.05) is 0 Å². The molecule has 0 aromatic carbocycles. The number of rotatable bonds is 6. The minimum absolute atomic E-state index is 0.0177. The topological polar surface area (TPSA) is 153 Å². The molecular weight excluding hydrogens is 431 g/mol. The van der Waals surface area contributed by atoms with Gasteiger partial charge in [-0.1, -0.05) is 0 Å². The molecule has 0 aromatic heterocycles. The number of aliphatic imine (C=N–C) groups is 1. The first-order valence-corrected chi connectivity index (χ1v) is 8.67. The number of amidine groups is 1. The molecule has 1 aliphatic rings. The van der Waals surface area contributed by atoms with Crippen molar-refractivity contribution in [1.29, 1.82) is 0 Å². The molecule has 0 saturated carbocycles. The monoisotopic (exact) mass is 453 g/mol. The van der Waals surface area contributed by atoms with Gasteiger partial charge in [0.2, 0.25) is 0 Å². The zero-order chi connectivity index (χ0) is 20.7. The van der Waals surface area contributed by atoms with Gasteiger partial charge in [0.25, 0.3) is 0 Å². The van der Waals surface area contributed by atoms with Gasteiger partial charge in [-0.25, -0.2) is 0 Å². The van der Waals surface area contributed by atoms with E-state index in [1.165, 1.54) is 6.92 Å². The summed E-state index contributed by atoms with van der Waals surface area (Å²) in [6.45, 7) is 4.27. The molecule has 1 rings (SSSR count). The van der Waals surface area contributed by atoms with Crippen molar-refractivity contribution in [2.45, 2.75) is 58.3 Å². The summed E-state index contributed by atoms with van der Waals surface area (Å²) in [6.07, 6.45) is -5.99. The third-order valence-corrected chi connectivity index (χ3v) is 3.44. The maximum absolute atomic E-state index is 11.6. The maximum atomic E-state index is 11.6. The normalized spacial score (nSPS) is 28.0. The molecule has 151 valence electrons. The first-order valence-electron chi connectivity index (χ1n) is 7.82. The number of hydrogen-bond acceptors (Lipinski definition) is 10. The Morgan fingerprint density at radius 1 is 0.889 bits per heavy atom. The molecule has 5 atom stereocenters. The number of carbonyl (C=O) groups excluding carboxylic acids is 4. The van der Waals surface area contributed by atoms with Crippen molar-refractivity contribution in [1.82, 2.24) is 0 Å². The predicted octanol–water partition coefficient (Wildman–Crippen LogP) is -1.45. The van der Waals surface area contributed by atoms with Crippen LogP contribution >= 0.6 is 0 Å². The molecule has 1 fully saturated rings. The Bertz CT molecular complexity index is 620.